The lowest BCUT2D eigenvalue weighted by atomic mass is 10.1. The summed E-state index contributed by atoms with van der Waals surface area (Å²) in [6.45, 7) is 5.67. The maximum Gasteiger partial charge on any atom is 0.0158 e. The van der Waals surface area contributed by atoms with Crippen molar-refractivity contribution in [3.05, 3.63) is 0 Å². The van der Waals surface area contributed by atoms with Crippen LogP contribution in [-0.4, -0.2) is 23.6 Å². The minimum absolute atomic E-state index is 0.766. The molecule has 0 aromatic carbocycles. The van der Waals surface area contributed by atoms with E-state index in [0.29, 0.717) is 0 Å². The zero-order chi connectivity index (χ0) is 13.8. The van der Waals surface area contributed by atoms with Gasteiger partial charge in [-0.3, -0.25) is 0 Å². The summed E-state index contributed by atoms with van der Waals surface area (Å²) in [7, 11) is 0. The van der Waals surface area contributed by atoms with Gasteiger partial charge in [0.05, 0.1) is 0 Å². The van der Waals surface area contributed by atoms with Crippen molar-refractivity contribution in [3.63, 3.8) is 0 Å². The largest absolute Gasteiger partial charge is 0.313 e. The molecule has 0 amide bonds. The molecule has 1 nitrogen and oxygen atoms in total. The van der Waals surface area contributed by atoms with Gasteiger partial charge in [-0.2, -0.15) is 11.8 Å². The van der Waals surface area contributed by atoms with E-state index in [1.165, 1.54) is 76.4 Å². The smallest absolute Gasteiger partial charge is 0.0158 e. The third-order valence-corrected chi connectivity index (χ3v) is 5.77. The van der Waals surface area contributed by atoms with E-state index in [1.54, 1.807) is 0 Å². The lowest BCUT2D eigenvalue weighted by Gasteiger charge is -2.19. The van der Waals surface area contributed by atoms with Crippen molar-refractivity contribution in [2.75, 3.05) is 12.3 Å². The number of hydrogen-bond acceptors (Lipinski definition) is 2. The van der Waals surface area contributed by atoms with Crippen LogP contribution in [0.25, 0.3) is 0 Å². The Kier molecular flexibility index (Phi) is 11.0. The maximum atomic E-state index is 3.69. The predicted octanol–water partition coefficient (Wildman–Crippen LogP) is 5.39. The van der Waals surface area contributed by atoms with Gasteiger partial charge in [-0.05, 0) is 25.8 Å². The minimum Gasteiger partial charge on any atom is -0.313 e. The molecule has 1 N–H and O–H groups in total. The molecule has 1 rings (SSSR count). The summed E-state index contributed by atoms with van der Waals surface area (Å²) in [6, 6.07) is 0.766. The predicted molar refractivity (Wildman–Crippen MR) is 90.2 cm³/mol. The fraction of sp³-hybridized carbons (Fsp3) is 1.00. The van der Waals surface area contributed by atoms with Gasteiger partial charge in [-0.15, -0.1) is 0 Å². The second kappa shape index (κ2) is 12.1. The zero-order valence-electron chi connectivity index (χ0n) is 13.3. The molecule has 0 aliphatic heterocycles. The third-order valence-electron chi connectivity index (χ3n) is 4.23. The summed E-state index contributed by atoms with van der Waals surface area (Å²) in [4.78, 5) is 0. The van der Waals surface area contributed by atoms with Gasteiger partial charge in [0.25, 0.3) is 0 Å². The highest BCUT2D eigenvalue weighted by molar-refractivity contribution is 7.99. The topological polar surface area (TPSA) is 12.0 Å². The molecule has 1 aliphatic rings. The average Bonchev–Trinajstić information content (AvgIpc) is 2.93. The standard InChI is InChI=1S/C17H35NS/c1-3-5-6-7-8-9-12-16(18-4-2)15-19-17-13-10-11-14-17/h16-18H,3-15H2,1-2H3. The number of nitrogens with one attached hydrogen (secondary N) is 1. The Hall–Kier alpha value is 0.310. The maximum absolute atomic E-state index is 3.69. The van der Waals surface area contributed by atoms with Crippen LogP contribution in [0.1, 0.15) is 84.5 Å². The van der Waals surface area contributed by atoms with Gasteiger partial charge in [0.15, 0.2) is 0 Å². The van der Waals surface area contributed by atoms with Gasteiger partial charge in [0, 0.05) is 17.0 Å². The first-order chi connectivity index (χ1) is 9.36. The first-order valence-electron chi connectivity index (χ1n) is 8.71. The number of thioether (sulfide) groups is 1. The molecule has 1 saturated carbocycles. The Labute approximate surface area is 125 Å². The molecule has 0 bridgehead atoms. The molecule has 0 radical (unpaired) electrons. The van der Waals surface area contributed by atoms with E-state index in [-0.39, 0.29) is 0 Å². The molecule has 0 aromatic rings. The highest BCUT2D eigenvalue weighted by Gasteiger charge is 2.17. The molecule has 0 spiro atoms. The summed E-state index contributed by atoms with van der Waals surface area (Å²) < 4.78 is 0. The molecule has 1 aliphatic carbocycles. The minimum atomic E-state index is 0.766. The number of rotatable bonds is 12. The molecule has 19 heavy (non-hydrogen) atoms. The summed E-state index contributed by atoms with van der Waals surface area (Å²) >= 11 is 2.24. The molecule has 0 heterocycles. The van der Waals surface area contributed by atoms with Crippen molar-refractivity contribution < 1.29 is 0 Å². The zero-order valence-corrected chi connectivity index (χ0v) is 14.1. The molecule has 1 atom stereocenters. The van der Waals surface area contributed by atoms with E-state index < -0.39 is 0 Å². The van der Waals surface area contributed by atoms with Gasteiger partial charge in [-0.25, -0.2) is 0 Å². The van der Waals surface area contributed by atoms with E-state index in [0.717, 1.165) is 17.8 Å². The lowest BCUT2D eigenvalue weighted by molar-refractivity contribution is 0.493. The Balaban J connectivity index is 2.02. The first kappa shape index (κ1) is 17.4. The van der Waals surface area contributed by atoms with Crippen LogP contribution in [0.5, 0.6) is 0 Å². The fourth-order valence-electron chi connectivity index (χ4n) is 3.01. The van der Waals surface area contributed by atoms with E-state index in [4.69, 9.17) is 0 Å². The Morgan fingerprint density at radius 2 is 1.68 bits per heavy atom. The summed E-state index contributed by atoms with van der Waals surface area (Å²) in [5.74, 6) is 1.34. The van der Waals surface area contributed by atoms with Gasteiger partial charge >= 0.3 is 0 Å². The van der Waals surface area contributed by atoms with Crippen molar-refractivity contribution in [1.29, 1.82) is 0 Å². The van der Waals surface area contributed by atoms with E-state index in [1.807, 2.05) is 0 Å². The highest BCUT2D eigenvalue weighted by Crippen LogP contribution is 2.30. The van der Waals surface area contributed by atoms with Crippen molar-refractivity contribution in [1.82, 2.24) is 5.32 Å². The fourth-order valence-corrected chi connectivity index (χ4v) is 4.47. The van der Waals surface area contributed by atoms with Gasteiger partial charge < -0.3 is 5.32 Å². The van der Waals surface area contributed by atoms with E-state index >= 15 is 0 Å². The van der Waals surface area contributed by atoms with Crippen LogP contribution in [0, 0.1) is 0 Å². The summed E-state index contributed by atoms with van der Waals surface area (Å²) in [6.07, 6.45) is 15.8. The van der Waals surface area contributed by atoms with Gasteiger partial charge in [0.2, 0.25) is 0 Å². The third kappa shape index (κ3) is 8.96. The van der Waals surface area contributed by atoms with Crippen LogP contribution in [-0.2, 0) is 0 Å². The average molecular weight is 286 g/mol. The molecule has 2 heteroatoms. The van der Waals surface area contributed by atoms with Crippen molar-refractivity contribution in [3.8, 4) is 0 Å². The normalized spacial score (nSPS) is 18.0. The molecule has 0 saturated heterocycles. The van der Waals surface area contributed by atoms with Crippen LogP contribution in [0.15, 0.2) is 0 Å². The Morgan fingerprint density at radius 3 is 2.37 bits per heavy atom. The molecule has 0 aromatic heterocycles. The molecular weight excluding hydrogens is 250 g/mol. The molecule has 114 valence electrons. The lowest BCUT2D eigenvalue weighted by Crippen LogP contribution is -2.31. The monoisotopic (exact) mass is 285 g/mol. The van der Waals surface area contributed by atoms with Crippen LogP contribution in [0.2, 0.25) is 0 Å². The molecular formula is C17H35NS. The van der Waals surface area contributed by atoms with Crippen molar-refractivity contribution in [2.45, 2.75) is 95.8 Å². The SMILES string of the molecule is CCCCCCCCC(CSC1CCCC1)NCC. The molecule has 1 unspecified atom stereocenters. The van der Waals surface area contributed by atoms with E-state index in [2.05, 4.69) is 30.9 Å². The second-order valence-corrected chi connectivity index (χ2v) is 7.38. The Morgan fingerprint density at radius 1 is 1.00 bits per heavy atom. The van der Waals surface area contributed by atoms with Crippen LogP contribution >= 0.6 is 11.8 Å². The van der Waals surface area contributed by atoms with Crippen LogP contribution < -0.4 is 5.32 Å². The second-order valence-electron chi connectivity index (χ2n) is 6.05. The number of hydrogen-bond donors (Lipinski definition) is 1. The highest BCUT2D eigenvalue weighted by atomic mass is 32.2. The Bertz CT molecular complexity index is 190. The quantitative estimate of drug-likeness (QED) is 0.482. The number of unbranched alkanes of at least 4 members (excludes halogenated alkanes) is 5. The molecule has 1 fully saturated rings. The summed E-state index contributed by atoms with van der Waals surface area (Å²) in [5.41, 5.74) is 0. The van der Waals surface area contributed by atoms with E-state index in [9.17, 15) is 0 Å². The van der Waals surface area contributed by atoms with Gasteiger partial charge in [0.1, 0.15) is 0 Å². The van der Waals surface area contributed by atoms with Gasteiger partial charge in [-0.1, -0.05) is 65.2 Å². The van der Waals surface area contributed by atoms with Crippen molar-refractivity contribution in [2.24, 2.45) is 0 Å². The first-order valence-corrected chi connectivity index (χ1v) is 9.76. The van der Waals surface area contributed by atoms with Crippen LogP contribution in [0.4, 0.5) is 0 Å². The van der Waals surface area contributed by atoms with Crippen LogP contribution in [0.3, 0.4) is 0 Å². The summed E-state index contributed by atoms with van der Waals surface area (Å²) in [5, 5.41) is 4.67. The van der Waals surface area contributed by atoms with Crippen molar-refractivity contribution >= 4 is 11.8 Å².